The molecule has 3 rings (SSSR count). The summed E-state index contributed by atoms with van der Waals surface area (Å²) in [5.74, 6) is -0.000000000000000444. The molecule has 1 aromatic carbocycles. The molecule has 1 unspecified atom stereocenters. The lowest BCUT2D eigenvalue weighted by molar-refractivity contribution is -0.179. The molecule has 1 heterocycles. The van der Waals surface area contributed by atoms with Crippen molar-refractivity contribution in [2.75, 3.05) is 13.2 Å². The molecular formula is C14H18O4S. The van der Waals surface area contributed by atoms with E-state index in [4.69, 9.17) is 4.74 Å². The summed E-state index contributed by atoms with van der Waals surface area (Å²) in [7, 11) is -4.08. The van der Waals surface area contributed by atoms with Gasteiger partial charge >= 0.3 is 0 Å². The molecule has 0 bridgehead atoms. The van der Waals surface area contributed by atoms with E-state index in [0.29, 0.717) is 0 Å². The van der Waals surface area contributed by atoms with E-state index in [1.165, 1.54) is 0 Å². The van der Waals surface area contributed by atoms with Crippen molar-refractivity contribution in [3.05, 3.63) is 35.4 Å². The molecule has 1 N–H and O–H groups in total. The van der Waals surface area contributed by atoms with Crippen LogP contribution in [0.1, 0.15) is 29.2 Å². The van der Waals surface area contributed by atoms with Gasteiger partial charge in [-0.25, -0.2) is 0 Å². The fourth-order valence-corrected chi connectivity index (χ4v) is 4.72. The summed E-state index contributed by atoms with van der Waals surface area (Å²) in [4.78, 5) is 0. The summed E-state index contributed by atoms with van der Waals surface area (Å²) in [6.07, 6.45) is 1.65. The Kier molecular flexibility index (Phi) is 2.96. The van der Waals surface area contributed by atoms with Crippen LogP contribution in [-0.2, 0) is 14.9 Å². The van der Waals surface area contributed by atoms with Crippen LogP contribution in [0.25, 0.3) is 0 Å². The first-order valence-corrected chi connectivity index (χ1v) is 8.01. The molecule has 5 heteroatoms. The lowest BCUT2D eigenvalue weighted by Gasteiger charge is -2.54. The Bertz CT molecular complexity index is 581. The molecule has 0 radical (unpaired) electrons. The van der Waals surface area contributed by atoms with Gasteiger partial charge in [-0.15, -0.1) is 0 Å². The van der Waals surface area contributed by atoms with Gasteiger partial charge in [0.15, 0.2) is 0 Å². The summed E-state index contributed by atoms with van der Waals surface area (Å²) in [6.45, 7) is 3.35. The lowest BCUT2D eigenvalue weighted by Crippen LogP contribution is -2.54. The molecule has 2 fully saturated rings. The fourth-order valence-electron chi connectivity index (χ4n) is 3.46. The predicted octanol–water partition coefficient (Wildman–Crippen LogP) is 2.35. The SMILES string of the molecule is Cc1ccccc1C(C1CC2(COC2)C1)S(=O)(=O)O. The average molecular weight is 282 g/mol. The molecule has 1 atom stereocenters. The van der Waals surface area contributed by atoms with Crippen LogP contribution in [-0.4, -0.2) is 26.2 Å². The Labute approximate surface area is 113 Å². The maximum absolute atomic E-state index is 11.8. The molecule has 1 aliphatic carbocycles. The smallest absolute Gasteiger partial charge is 0.272 e. The first-order chi connectivity index (χ1) is 8.91. The van der Waals surface area contributed by atoms with Crippen LogP contribution in [0, 0.1) is 18.3 Å². The van der Waals surface area contributed by atoms with Crippen LogP contribution in [0.15, 0.2) is 24.3 Å². The van der Waals surface area contributed by atoms with E-state index in [1.54, 1.807) is 6.07 Å². The van der Waals surface area contributed by atoms with Gasteiger partial charge in [-0.3, -0.25) is 4.55 Å². The first-order valence-electron chi connectivity index (χ1n) is 6.51. The number of aryl methyl sites for hydroxylation is 1. The lowest BCUT2D eigenvalue weighted by atomic mass is 9.59. The zero-order valence-corrected chi connectivity index (χ0v) is 11.7. The molecule has 1 aliphatic heterocycles. The van der Waals surface area contributed by atoms with Gasteiger partial charge in [0.2, 0.25) is 0 Å². The van der Waals surface area contributed by atoms with Gasteiger partial charge in [0.25, 0.3) is 10.1 Å². The van der Waals surface area contributed by atoms with Crippen LogP contribution in [0.5, 0.6) is 0 Å². The van der Waals surface area contributed by atoms with E-state index in [9.17, 15) is 13.0 Å². The Morgan fingerprint density at radius 2 is 1.95 bits per heavy atom. The highest BCUT2D eigenvalue weighted by Gasteiger charge is 2.54. The number of rotatable bonds is 3. The second-order valence-corrected chi connectivity index (χ2v) is 7.49. The first kappa shape index (κ1) is 13.1. The summed E-state index contributed by atoms with van der Waals surface area (Å²) in [5, 5.41) is -0.792. The van der Waals surface area contributed by atoms with Crippen molar-refractivity contribution in [1.82, 2.24) is 0 Å². The summed E-state index contributed by atoms with van der Waals surface area (Å²) < 4.78 is 38.3. The number of hydrogen-bond acceptors (Lipinski definition) is 3. The van der Waals surface area contributed by atoms with E-state index < -0.39 is 15.4 Å². The quantitative estimate of drug-likeness (QED) is 0.864. The number of benzene rings is 1. The maximum Gasteiger partial charge on any atom is 0.272 e. The molecule has 104 valence electrons. The third kappa shape index (κ3) is 2.20. The molecule has 0 amide bonds. The Morgan fingerprint density at radius 1 is 1.32 bits per heavy atom. The maximum atomic E-state index is 11.8. The molecule has 1 saturated carbocycles. The largest absolute Gasteiger partial charge is 0.380 e. The molecule has 4 nitrogen and oxygen atoms in total. The second-order valence-electron chi connectivity index (χ2n) is 5.95. The van der Waals surface area contributed by atoms with Crippen molar-refractivity contribution in [3.63, 3.8) is 0 Å². The minimum atomic E-state index is -4.08. The van der Waals surface area contributed by atoms with Gasteiger partial charge in [0, 0.05) is 5.41 Å². The summed E-state index contributed by atoms with van der Waals surface area (Å²) >= 11 is 0. The van der Waals surface area contributed by atoms with Crippen LogP contribution in [0.3, 0.4) is 0 Å². The van der Waals surface area contributed by atoms with Crippen LogP contribution in [0.4, 0.5) is 0 Å². The summed E-state index contributed by atoms with van der Waals surface area (Å²) in [6, 6.07) is 7.38. The van der Waals surface area contributed by atoms with Crippen molar-refractivity contribution in [3.8, 4) is 0 Å². The third-order valence-electron chi connectivity index (χ3n) is 4.45. The zero-order chi connectivity index (χ0) is 13.7. The van der Waals surface area contributed by atoms with Gasteiger partial charge in [0.1, 0.15) is 5.25 Å². The highest BCUT2D eigenvalue weighted by atomic mass is 32.2. The minimum absolute atomic E-state index is 0.000000000000000444. The van der Waals surface area contributed by atoms with Crippen molar-refractivity contribution in [2.24, 2.45) is 11.3 Å². The number of ether oxygens (including phenoxy) is 1. The van der Waals surface area contributed by atoms with E-state index in [0.717, 1.165) is 37.2 Å². The molecule has 1 spiro atoms. The van der Waals surface area contributed by atoms with Crippen molar-refractivity contribution in [2.45, 2.75) is 25.0 Å². The van der Waals surface area contributed by atoms with Gasteiger partial charge in [-0.05, 0) is 36.8 Å². The van der Waals surface area contributed by atoms with E-state index in [-0.39, 0.29) is 11.3 Å². The van der Waals surface area contributed by atoms with Crippen molar-refractivity contribution in [1.29, 1.82) is 0 Å². The normalized spacial score (nSPS) is 23.7. The Balaban J connectivity index is 1.90. The highest BCUT2D eigenvalue weighted by Crippen LogP contribution is 2.56. The second kappa shape index (κ2) is 4.30. The molecule has 0 aromatic heterocycles. The molecule has 1 saturated heterocycles. The van der Waals surface area contributed by atoms with E-state index in [2.05, 4.69) is 0 Å². The van der Waals surface area contributed by atoms with Crippen LogP contribution < -0.4 is 0 Å². The molecule has 2 aliphatic rings. The van der Waals surface area contributed by atoms with Crippen LogP contribution >= 0.6 is 0 Å². The Morgan fingerprint density at radius 3 is 2.42 bits per heavy atom. The fraction of sp³-hybridized carbons (Fsp3) is 0.571. The number of hydrogen-bond donors (Lipinski definition) is 1. The van der Waals surface area contributed by atoms with Crippen LogP contribution in [0.2, 0.25) is 0 Å². The molecular weight excluding hydrogens is 264 g/mol. The van der Waals surface area contributed by atoms with Gasteiger partial charge in [-0.2, -0.15) is 8.42 Å². The zero-order valence-electron chi connectivity index (χ0n) is 10.9. The third-order valence-corrected chi connectivity index (χ3v) is 5.73. The van der Waals surface area contributed by atoms with Gasteiger partial charge in [0.05, 0.1) is 13.2 Å². The van der Waals surface area contributed by atoms with Gasteiger partial charge < -0.3 is 4.74 Å². The molecule has 1 aromatic rings. The predicted molar refractivity (Wildman–Crippen MR) is 71.4 cm³/mol. The van der Waals surface area contributed by atoms with Gasteiger partial charge in [-0.1, -0.05) is 24.3 Å². The highest BCUT2D eigenvalue weighted by molar-refractivity contribution is 7.86. The molecule has 19 heavy (non-hydrogen) atoms. The monoisotopic (exact) mass is 282 g/mol. The topological polar surface area (TPSA) is 63.6 Å². The Hall–Kier alpha value is -0.910. The average Bonchev–Trinajstić information content (AvgIpc) is 2.20. The standard InChI is InChI=1S/C14H18O4S/c1-10-4-2-3-5-12(10)13(19(15,16)17)11-6-14(7-11)8-18-9-14/h2-5,11,13H,6-9H2,1H3,(H,15,16,17). The van der Waals surface area contributed by atoms with Crippen molar-refractivity contribution >= 4 is 10.1 Å². The summed E-state index contributed by atoms with van der Waals surface area (Å²) in [5.41, 5.74) is 1.83. The van der Waals surface area contributed by atoms with Crippen molar-refractivity contribution < 1.29 is 17.7 Å². The minimum Gasteiger partial charge on any atom is -0.380 e. The van der Waals surface area contributed by atoms with E-state index >= 15 is 0 Å². The van der Waals surface area contributed by atoms with E-state index in [1.807, 2.05) is 25.1 Å².